The predicted molar refractivity (Wildman–Crippen MR) is 210 cm³/mol. The molecular formula is C43H64O7Si. The van der Waals surface area contributed by atoms with E-state index in [0.717, 1.165) is 42.6 Å². The molecule has 0 amide bonds. The number of terminal acetylenes is 1. The Morgan fingerprint density at radius 3 is 2.55 bits per heavy atom. The second-order valence-corrected chi connectivity index (χ2v) is 20.1. The molecule has 0 saturated carbocycles. The van der Waals surface area contributed by atoms with Gasteiger partial charge in [0.25, 0.3) is 0 Å². The Hall–Kier alpha value is -2.74. The van der Waals surface area contributed by atoms with Crippen LogP contribution in [0.4, 0.5) is 0 Å². The summed E-state index contributed by atoms with van der Waals surface area (Å²) in [6.07, 6.45) is 23.3. The van der Waals surface area contributed by atoms with Gasteiger partial charge in [-0.25, -0.2) is 0 Å². The Balaban J connectivity index is 1.69. The van der Waals surface area contributed by atoms with Crippen LogP contribution in [0, 0.1) is 12.3 Å². The summed E-state index contributed by atoms with van der Waals surface area (Å²) in [6.45, 7) is 18.7. The zero-order valence-corrected chi connectivity index (χ0v) is 33.4. The van der Waals surface area contributed by atoms with Gasteiger partial charge in [-0.1, -0.05) is 93.2 Å². The SMILES string of the molecule is C#CC[C@@H]1C=C[C@H](OC)[C@@H](CCCC(=C)CC(O)C=CC[C@H](OCc2ccc(OC)cc2)[C@H](C=C[C@@H]2CC(C)=CCO2)O[Si](C)(C)C(C)(C)C)O1. The molecule has 3 rings (SSSR count). The number of benzene rings is 1. The smallest absolute Gasteiger partial charge is 0.193 e. The minimum Gasteiger partial charge on any atom is -0.497 e. The second-order valence-electron chi connectivity index (χ2n) is 15.3. The monoisotopic (exact) mass is 720 g/mol. The molecule has 2 heterocycles. The molecule has 1 aromatic rings. The van der Waals surface area contributed by atoms with E-state index in [9.17, 15) is 5.11 Å². The highest BCUT2D eigenvalue weighted by Gasteiger charge is 2.40. The number of hydrogen-bond donors (Lipinski definition) is 1. The van der Waals surface area contributed by atoms with Crippen molar-refractivity contribution in [2.45, 2.75) is 140 Å². The molecule has 0 aliphatic carbocycles. The maximum absolute atomic E-state index is 11.0. The molecule has 1 unspecified atom stereocenters. The lowest BCUT2D eigenvalue weighted by Gasteiger charge is -2.40. The summed E-state index contributed by atoms with van der Waals surface area (Å²) in [4.78, 5) is 0. The fourth-order valence-corrected chi connectivity index (χ4v) is 7.16. The van der Waals surface area contributed by atoms with Crippen LogP contribution in [-0.2, 0) is 30.0 Å². The van der Waals surface area contributed by atoms with E-state index < -0.39 is 14.4 Å². The van der Waals surface area contributed by atoms with E-state index in [4.69, 9.17) is 34.5 Å². The number of aliphatic hydroxyl groups is 1. The van der Waals surface area contributed by atoms with Crippen LogP contribution in [-0.4, -0.2) is 77.0 Å². The van der Waals surface area contributed by atoms with E-state index in [0.29, 0.717) is 32.5 Å². The van der Waals surface area contributed by atoms with Gasteiger partial charge in [-0.2, -0.15) is 0 Å². The lowest BCUT2D eigenvalue weighted by molar-refractivity contribution is -0.0721. The first-order valence-corrected chi connectivity index (χ1v) is 21.3. The zero-order chi connectivity index (χ0) is 37.4. The molecule has 1 aromatic carbocycles. The fourth-order valence-electron chi connectivity index (χ4n) is 5.90. The first-order chi connectivity index (χ1) is 24.2. The number of ether oxygens (including phenoxy) is 5. The first-order valence-electron chi connectivity index (χ1n) is 18.4. The molecular weight excluding hydrogens is 657 g/mol. The maximum atomic E-state index is 11.0. The Bertz CT molecular complexity index is 1360. The van der Waals surface area contributed by atoms with Crippen LogP contribution in [0.15, 0.2) is 84.5 Å². The lowest BCUT2D eigenvalue weighted by atomic mass is 9.98. The molecule has 51 heavy (non-hydrogen) atoms. The minimum atomic E-state index is -2.19. The molecule has 0 radical (unpaired) electrons. The molecule has 7 nitrogen and oxygen atoms in total. The Kier molecular flexibility index (Phi) is 17.6. The van der Waals surface area contributed by atoms with Crippen LogP contribution in [0.3, 0.4) is 0 Å². The van der Waals surface area contributed by atoms with Crippen LogP contribution in [0.25, 0.3) is 0 Å². The van der Waals surface area contributed by atoms with Crippen molar-refractivity contribution in [1.82, 2.24) is 0 Å². The zero-order valence-electron chi connectivity index (χ0n) is 32.4. The highest BCUT2D eigenvalue weighted by atomic mass is 28.4. The highest BCUT2D eigenvalue weighted by molar-refractivity contribution is 6.74. The van der Waals surface area contributed by atoms with E-state index >= 15 is 0 Å². The van der Waals surface area contributed by atoms with Crippen molar-refractivity contribution in [3.05, 3.63) is 90.1 Å². The van der Waals surface area contributed by atoms with E-state index in [1.165, 1.54) is 5.57 Å². The van der Waals surface area contributed by atoms with Crippen LogP contribution in [0.1, 0.15) is 78.2 Å². The Labute approximate surface area is 309 Å². The third-order valence-electron chi connectivity index (χ3n) is 10.1. The number of rotatable bonds is 20. The van der Waals surface area contributed by atoms with Gasteiger partial charge in [0.05, 0.1) is 56.9 Å². The maximum Gasteiger partial charge on any atom is 0.193 e. The van der Waals surface area contributed by atoms with E-state index in [1.54, 1.807) is 14.2 Å². The molecule has 2 aliphatic rings. The minimum absolute atomic E-state index is 0.00275. The van der Waals surface area contributed by atoms with Gasteiger partial charge in [-0.15, -0.1) is 12.3 Å². The Morgan fingerprint density at radius 1 is 1.16 bits per heavy atom. The van der Waals surface area contributed by atoms with E-state index in [2.05, 4.69) is 71.5 Å². The molecule has 0 spiro atoms. The van der Waals surface area contributed by atoms with Gasteiger partial charge in [0.1, 0.15) is 11.9 Å². The van der Waals surface area contributed by atoms with Crippen LogP contribution in [0.5, 0.6) is 5.75 Å². The van der Waals surface area contributed by atoms with Crippen molar-refractivity contribution in [2.75, 3.05) is 20.8 Å². The van der Waals surface area contributed by atoms with Gasteiger partial charge >= 0.3 is 0 Å². The van der Waals surface area contributed by atoms with E-state index in [-0.39, 0.29) is 41.7 Å². The van der Waals surface area contributed by atoms with Crippen molar-refractivity contribution in [2.24, 2.45) is 0 Å². The number of methoxy groups -OCH3 is 2. The largest absolute Gasteiger partial charge is 0.497 e. The van der Waals surface area contributed by atoms with Gasteiger partial charge < -0.3 is 33.2 Å². The molecule has 0 bridgehead atoms. The highest BCUT2D eigenvalue weighted by Crippen LogP contribution is 2.38. The fraction of sp³-hybridized carbons (Fsp3) is 0.581. The third-order valence-corrected chi connectivity index (χ3v) is 14.5. The standard InChI is InChI=1S/C43H64O7Si/c1-11-14-37-23-25-39(46-8)41(49-37)18-12-15-32(2)29-35(44)16-13-17-40(48-31-34-19-21-36(45-7)22-20-34)42(50-51(9,10)43(4,5)6)26-24-38-30-33(3)27-28-47-38/h1,13,16,19-27,35,37-42,44H,2,12,14-15,17-18,28-31H2,3-10H3/t35?,37-,38-,39+,40+,41-,42+/m1/s1. The van der Waals surface area contributed by atoms with Crippen molar-refractivity contribution >= 4 is 8.32 Å². The van der Waals surface area contributed by atoms with E-state index in [1.807, 2.05) is 48.6 Å². The summed E-state index contributed by atoms with van der Waals surface area (Å²) in [5.41, 5.74) is 3.38. The van der Waals surface area contributed by atoms with Crippen LogP contribution >= 0.6 is 0 Å². The van der Waals surface area contributed by atoms with Crippen LogP contribution in [0.2, 0.25) is 18.1 Å². The molecule has 282 valence electrons. The summed E-state index contributed by atoms with van der Waals surface area (Å²) in [6, 6.07) is 7.94. The molecule has 1 N–H and O–H groups in total. The quantitative estimate of drug-likeness (QED) is 0.0819. The van der Waals surface area contributed by atoms with Crippen molar-refractivity contribution in [3.8, 4) is 18.1 Å². The third kappa shape index (κ3) is 14.7. The molecule has 7 atom stereocenters. The Morgan fingerprint density at radius 2 is 1.90 bits per heavy atom. The molecule has 0 aromatic heterocycles. The average molecular weight is 721 g/mol. The van der Waals surface area contributed by atoms with Gasteiger partial charge in [-0.05, 0) is 81.3 Å². The normalized spacial score (nSPS) is 23.2. The summed E-state index contributed by atoms with van der Waals surface area (Å²) in [5, 5.41) is 11.0. The summed E-state index contributed by atoms with van der Waals surface area (Å²) in [7, 11) is 1.17. The average Bonchev–Trinajstić information content (AvgIpc) is 3.08. The van der Waals surface area contributed by atoms with Crippen molar-refractivity contribution < 1.29 is 33.2 Å². The lowest BCUT2D eigenvalue weighted by Crippen LogP contribution is -2.47. The topological polar surface area (TPSA) is 75.6 Å². The molecule has 0 saturated heterocycles. The molecule has 8 heteroatoms. The first kappa shape index (κ1) is 42.7. The number of hydrogen-bond acceptors (Lipinski definition) is 7. The van der Waals surface area contributed by atoms with Gasteiger partial charge in [0.2, 0.25) is 0 Å². The second kappa shape index (κ2) is 21.1. The summed E-state index contributed by atoms with van der Waals surface area (Å²) >= 11 is 0. The van der Waals surface area contributed by atoms with Gasteiger partial charge in [0.15, 0.2) is 8.32 Å². The summed E-state index contributed by atoms with van der Waals surface area (Å²) < 4.78 is 36.9. The summed E-state index contributed by atoms with van der Waals surface area (Å²) in [5.74, 6) is 3.48. The van der Waals surface area contributed by atoms with Gasteiger partial charge in [-0.3, -0.25) is 0 Å². The van der Waals surface area contributed by atoms with Crippen molar-refractivity contribution in [1.29, 1.82) is 0 Å². The van der Waals surface area contributed by atoms with Gasteiger partial charge in [0, 0.05) is 13.5 Å². The van der Waals surface area contributed by atoms with Crippen molar-refractivity contribution in [3.63, 3.8) is 0 Å². The van der Waals surface area contributed by atoms with Crippen LogP contribution < -0.4 is 4.74 Å². The number of aliphatic hydroxyl groups excluding tert-OH is 1. The molecule has 0 fully saturated rings. The predicted octanol–water partition coefficient (Wildman–Crippen LogP) is 9.05. The molecule has 2 aliphatic heterocycles.